The third-order valence-electron chi connectivity index (χ3n) is 5.73. The molecule has 0 atom stereocenters. The van der Waals surface area contributed by atoms with E-state index in [2.05, 4.69) is 45.3 Å². The summed E-state index contributed by atoms with van der Waals surface area (Å²) < 4.78 is 5.76. The van der Waals surface area contributed by atoms with E-state index in [1.807, 2.05) is 85.1 Å². The Labute approximate surface area is 254 Å². The van der Waals surface area contributed by atoms with Gasteiger partial charge in [-0.25, -0.2) is 11.1 Å². The Morgan fingerprint density at radius 2 is 1.65 bits per heavy atom. The van der Waals surface area contributed by atoms with E-state index in [-0.39, 0.29) is 52.8 Å². The second-order valence-electron chi connectivity index (χ2n) is 8.03. The maximum atomic E-state index is 5.76. The zero-order chi connectivity index (χ0) is 23.5. The Morgan fingerprint density at radius 1 is 0.811 bits per heavy atom. The van der Waals surface area contributed by atoms with Crippen LogP contribution in [0.4, 0.5) is 0 Å². The molecule has 4 nitrogen and oxygen atoms in total. The van der Waals surface area contributed by atoms with Gasteiger partial charge in [0.05, 0.1) is 12.4 Å². The Morgan fingerprint density at radius 3 is 2.46 bits per heavy atom. The fraction of sp³-hybridized carbons (Fsp3) is 0.0323. The average Bonchev–Trinajstić information content (AvgIpc) is 3.39. The van der Waals surface area contributed by atoms with E-state index in [0.717, 1.165) is 50.2 Å². The maximum Gasteiger partial charge on any atom is 0.0781 e. The monoisotopic (exact) mass is 731 g/mol. The first-order valence-corrected chi connectivity index (χ1v) is 11.3. The van der Waals surface area contributed by atoms with E-state index < -0.39 is 0 Å². The van der Waals surface area contributed by atoms with E-state index in [0.29, 0.717) is 12.4 Å². The molecule has 3 aromatic carbocycles. The largest absolute Gasteiger partial charge is 0.656 e. The molecule has 0 bridgehead atoms. The molecular formula is C31H19IrN3OY-4. The van der Waals surface area contributed by atoms with Crippen molar-refractivity contribution in [3.63, 3.8) is 0 Å². The summed E-state index contributed by atoms with van der Waals surface area (Å²) in [6.45, 7) is 0.541. The summed E-state index contributed by atoms with van der Waals surface area (Å²) in [5.74, 6) is 0.690. The zero-order valence-electron chi connectivity index (χ0n) is 19.7. The minimum absolute atomic E-state index is 0. The van der Waals surface area contributed by atoms with Gasteiger partial charge >= 0.3 is 0 Å². The Bertz CT molecular complexity index is 1570. The van der Waals surface area contributed by atoms with Gasteiger partial charge in [-0.1, -0.05) is 48.2 Å². The summed E-state index contributed by atoms with van der Waals surface area (Å²) in [4.78, 5) is 13.3. The first kappa shape index (κ1) is 27.1. The van der Waals surface area contributed by atoms with Gasteiger partial charge in [0.25, 0.3) is 0 Å². The summed E-state index contributed by atoms with van der Waals surface area (Å²) in [6.07, 6.45) is 3.60. The second kappa shape index (κ2) is 12.5. The molecule has 0 spiro atoms. The van der Waals surface area contributed by atoms with Gasteiger partial charge in [0.2, 0.25) is 0 Å². The molecule has 1 aliphatic rings. The number of fused-ring (bicyclic) bond motifs is 4. The van der Waals surface area contributed by atoms with Crippen molar-refractivity contribution >= 4 is 10.9 Å². The molecule has 0 amide bonds. The molecule has 0 aliphatic carbocycles. The smallest absolute Gasteiger partial charge is 0.0781 e. The summed E-state index contributed by atoms with van der Waals surface area (Å²) in [5, 5.41) is 1.16. The molecule has 0 unspecified atom stereocenters. The number of hydrogen-bond acceptors (Lipinski definition) is 3. The summed E-state index contributed by atoms with van der Waals surface area (Å²) in [7, 11) is 0. The number of hydrogen-bond donors (Lipinski definition) is 0. The van der Waals surface area contributed by atoms with Crippen LogP contribution in [0.25, 0.3) is 44.7 Å². The predicted molar refractivity (Wildman–Crippen MR) is 136 cm³/mol. The molecule has 0 saturated carbocycles. The quantitative estimate of drug-likeness (QED) is 0.190. The topological polar surface area (TPSA) is 49.1 Å². The number of benzene rings is 3. The van der Waals surface area contributed by atoms with Crippen molar-refractivity contribution in [1.29, 1.82) is 0 Å². The van der Waals surface area contributed by atoms with E-state index in [1.165, 1.54) is 0 Å². The molecule has 37 heavy (non-hydrogen) atoms. The molecule has 180 valence electrons. The van der Waals surface area contributed by atoms with E-state index in [1.54, 1.807) is 6.20 Å². The SMILES string of the molecule is [Ir].[Y].[c-]1ccccc1-c1[c-]c2c(nc1)-c1[c-]cccc1CO2.c1ccc(-c2cc3ccccc3[n-]2)nc1. The number of rotatable bonds is 2. The van der Waals surface area contributed by atoms with Crippen molar-refractivity contribution in [2.24, 2.45) is 0 Å². The standard InChI is InChI=1S/C18H10NO.C13H9N2.Ir.Y/c1-2-6-13(7-3-1)15-10-17-18(19-11-15)16-9-5-4-8-14(16)12-20-17;1-2-6-11-10(5-1)9-13(15-11)12-7-3-4-8-14-12;;/h1-6,8,11H,12H2;1-9H;;/q-3;-1;;. The van der Waals surface area contributed by atoms with Crippen LogP contribution in [0.2, 0.25) is 0 Å². The second-order valence-corrected chi connectivity index (χ2v) is 8.03. The first-order chi connectivity index (χ1) is 17.3. The third kappa shape index (κ3) is 5.97. The van der Waals surface area contributed by atoms with Crippen LogP contribution in [0.3, 0.4) is 0 Å². The first-order valence-electron chi connectivity index (χ1n) is 11.3. The number of para-hydroxylation sites is 1. The predicted octanol–water partition coefficient (Wildman–Crippen LogP) is 6.56. The molecule has 1 aliphatic heterocycles. The van der Waals surface area contributed by atoms with Gasteiger partial charge in [0.15, 0.2) is 0 Å². The molecule has 4 heterocycles. The average molecular weight is 731 g/mol. The Hall–Kier alpha value is -2.95. The fourth-order valence-corrected chi connectivity index (χ4v) is 4.01. The number of pyridine rings is 2. The molecule has 0 N–H and O–H groups in total. The molecule has 2 radical (unpaired) electrons. The van der Waals surface area contributed by atoms with Gasteiger partial charge < -0.3 is 14.7 Å². The van der Waals surface area contributed by atoms with Crippen molar-refractivity contribution in [3.8, 4) is 39.5 Å². The van der Waals surface area contributed by atoms with Crippen LogP contribution in [0.1, 0.15) is 5.56 Å². The zero-order valence-corrected chi connectivity index (χ0v) is 24.9. The Kier molecular flexibility index (Phi) is 9.18. The van der Waals surface area contributed by atoms with Crippen molar-refractivity contribution in [3.05, 3.63) is 127 Å². The molecule has 0 saturated heterocycles. The van der Waals surface area contributed by atoms with Gasteiger partial charge in [-0.3, -0.25) is 4.98 Å². The molecule has 6 heteroatoms. The van der Waals surface area contributed by atoms with Crippen LogP contribution in [-0.4, -0.2) is 9.97 Å². The van der Waals surface area contributed by atoms with E-state index in [4.69, 9.17) is 4.74 Å². The van der Waals surface area contributed by atoms with Crippen LogP contribution in [0.15, 0.2) is 103 Å². The van der Waals surface area contributed by atoms with Crippen LogP contribution < -0.4 is 9.72 Å². The van der Waals surface area contributed by atoms with Gasteiger partial charge in [-0.05, 0) is 17.5 Å². The van der Waals surface area contributed by atoms with Gasteiger partial charge in [0.1, 0.15) is 0 Å². The molecule has 0 fully saturated rings. The number of aromatic nitrogens is 3. The maximum absolute atomic E-state index is 5.76. The van der Waals surface area contributed by atoms with Gasteiger partial charge in [0, 0.05) is 70.4 Å². The summed E-state index contributed by atoms with van der Waals surface area (Å²) in [6, 6.07) is 39.4. The van der Waals surface area contributed by atoms with Crippen molar-refractivity contribution < 1.29 is 57.6 Å². The minimum Gasteiger partial charge on any atom is -0.656 e. The molecule has 7 rings (SSSR count). The van der Waals surface area contributed by atoms with E-state index >= 15 is 0 Å². The van der Waals surface area contributed by atoms with Crippen LogP contribution in [0.5, 0.6) is 5.75 Å². The Balaban J connectivity index is 0.000000170. The normalized spacial score (nSPS) is 10.9. The van der Waals surface area contributed by atoms with Crippen molar-refractivity contribution in [2.45, 2.75) is 6.61 Å². The van der Waals surface area contributed by atoms with Crippen molar-refractivity contribution in [1.82, 2.24) is 15.0 Å². The number of nitrogens with zero attached hydrogens (tertiary/aromatic N) is 3. The van der Waals surface area contributed by atoms with Gasteiger partial charge in [-0.2, -0.15) is 24.3 Å². The van der Waals surface area contributed by atoms with E-state index in [9.17, 15) is 0 Å². The number of ether oxygens (including phenoxy) is 1. The van der Waals surface area contributed by atoms with Gasteiger partial charge in [-0.15, -0.1) is 53.2 Å². The molecule has 3 aromatic heterocycles. The molecule has 6 aromatic rings. The van der Waals surface area contributed by atoms with Crippen LogP contribution in [0, 0.1) is 18.2 Å². The summed E-state index contributed by atoms with van der Waals surface area (Å²) >= 11 is 0. The molecular weight excluding hydrogens is 711 g/mol. The summed E-state index contributed by atoms with van der Waals surface area (Å²) in [5.41, 5.74) is 7.68. The minimum atomic E-state index is 0. The third-order valence-corrected chi connectivity index (χ3v) is 5.73. The van der Waals surface area contributed by atoms with Crippen molar-refractivity contribution in [2.75, 3.05) is 0 Å². The fourth-order valence-electron chi connectivity index (χ4n) is 4.01. The van der Waals surface area contributed by atoms with Crippen LogP contribution in [-0.2, 0) is 59.4 Å². The van der Waals surface area contributed by atoms with Crippen LogP contribution >= 0.6 is 0 Å².